The van der Waals surface area contributed by atoms with Crippen LogP contribution in [0.15, 0.2) is 84.8 Å². The lowest BCUT2D eigenvalue weighted by Gasteiger charge is -2.19. The second kappa shape index (κ2) is 9.40. The fourth-order valence-corrected chi connectivity index (χ4v) is 4.87. The van der Waals surface area contributed by atoms with Crippen molar-refractivity contribution in [1.82, 2.24) is 15.0 Å². The molecule has 172 valence electrons. The van der Waals surface area contributed by atoms with Crippen LogP contribution in [0.4, 0.5) is 11.5 Å². The molecule has 3 heterocycles. The van der Waals surface area contributed by atoms with Gasteiger partial charge in [-0.2, -0.15) is 0 Å². The first-order valence-corrected chi connectivity index (χ1v) is 12.0. The van der Waals surface area contributed by atoms with Crippen molar-refractivity contribution in [2.75, 3.05) is 10.6 Å². The Balaban J connectivity index is 1.75. The molecular weight excluding hydrogens is 450 g/mol. The molecule has 8 nitrogen and oxygen atoms in total. The Labute approximate surface area is 197 Å². The second-order valence-electron chi connectivity index (χ2n) is 7.69. The summed E-state index contributed by atoms with van der Waals surface area (Å²) in [7, 11) is -3.86. The molecule has 1 aromatic carbocycles. The quantitative estimate of drug-likeness (QED) is 0.383. The fourth-order valence-electron chi connectivity index (χ4n) is 3.55. The number of anilines is 2. The summed E-state index contributed by atoms with van der Waals surface area (Å²) >= 11 is 0. The highest BCUT2D eigenvalue weighted by Gasteiger charge is 2.26. The number of aryl methyl sites for hydroxylation is 1. The van der Waals surface area contributed by atoms with Crippen molar-refractivity contribution in [3.8, 4) is 11.3 Å². The molecule has 0 bridgehead atoms. The normalized spacial score (nSPS) is 12.2. The molecule has 9 heteroatoms. The highest BCUT2D eigenvalue weighted by Crippen LogP contribution is 2.30. The number of amides is 1. The zero-order valence-electron chi connectivity index (χ0n) is 18.7. The minimum atomic E-state index is -3.86. The summed E-state index contributed by atoms with van der Waals surface area (Å²) in [5.41, 5.74) is 3.00. The third kappa shape index (κ3) is 4.65. The Morgan fingerprint density at radius 2 is 1.76 bits per heavy atom. The van der Waals surface area contributed by atoms with Crippen LogP contribution in [0, 0.1) is 6.92 Å². The van der Waals surface area contributed by atoms with E-state index in [1.807, 2.05) is 25.1 Å². The predicted octanol–water partition coefficient (Wildman–Crippen LogP) is 4.36. The first kappa shape index (κ1) is 23.1. The molecule has 1 amide bonds. The zero-order valence-corrected chi connectivity index (χ0v) is 19.5. The average molecular weight is 474 g/mol. The summed E-state index contributed by atoms with van der Waals surface area (Å²) in [6.07, 6.45) is 8.07. The number of hydrogen-bond acceptors (Lipinski definition) is 7. The van der Waals surface area contributed by atoms with Crippen molar-refractivity contribution in [3.63, 3.8) is 0 Å². The lowest BCUT2D eigenvalue weighted by atomic mass is 10.1. The first-order valence-electron chi connectivity index (χ1n) is 10.5. The molecule has 0 aliphatic heterocycles. The number of carbonyl (C=O) groups is 1. The van der Waals surface area contributed by atoms with Crippen LogP contribution in [0.3, 0.4) is 0 Å². The topological polar surface area (TPSA) is 114 Å². The molecule has 0 aliphatic rings. The third-order valence-electron chi connectivity index (χ3n) is 5.28. The van der Waals surface area contributed by atoms with Crippen molar-refractivity contribution in [3.05, 3.63) is 85.5 Å². The van der Waals surface area contributed by atoms with Crippen molar-refractivity contribution >= 4 is 38.0 Å². The Bertz CT molecular complexity index is 1480. The SMILES string of the molecule is C=CC(Nc1nc(-c2cnccc2C)cc2ccncc12)S(=O)(=O)c1ccc(NC(C)=O)cc1. The first-order chi connectivity index (χ1) is 16.3. The lowest BCUT2D eigenvalue weighted by molar-refractivity contribution is -0.114. The predicted molar refractivity (Wildman–Crippen MR) is 133 cm³/mol. The van der Waals surface area contributed by atoms with Crippen LogP contribution in [0.5, 0.6) is 0 Å². The van der Waals surface area contributed by atoms with Crippen LogP contribution in [0.1, 0.15) is 12.5 Å². The minimum Gasteiger partial charge on any atom is -0.350 e. The lowest BCUT2D eigenvalue weighted by Crippen LogP contribution is -2.28. The van der Waals surface area contributed by atoms with Gasteiger partial charge in [0, 0.05) is 48.3 Å². The van der Waals surface area contributed by atoms with Gasteiger partial charge in [0.1, 0.15) is 5.82 Å². The monoisotopic (exact) mass is 473 g/mol. The van der Waals surface area contributed by atoms with Gasteiger partial charge in [0.15, 0.2) is 5.37 Å². The molecule has 0 fully saturated rings. The largest absolute Gasteiger partial charge is 0.350 e. The van der Waals surface area contributed by atoms with Crippen LogP contribution >= 0.6 is 0 Å². The van der Waals surface area contributed by atoms with Crippen LogP contribution < -0.4 is 10.6 Å². The van der Waals surface area contributed by atoms with Crippen molar-refractivity contribution in [1.29, 1.82) is 0 Å². The number of benzene rings is 1. The number of aromatic nitrogens is 3. The van der Waals surface area contributed by atoms with E-state index in [-0.39, 0.29) is 10.8 Å². The van der Waals surface area contributed by atoms with Gasteiger partial charge in [0.2, 0.25) is 15.7 Å². The summed E-state index contributed by atoms with van der Waals surface area (Å²) in [5, 5.41) is 6.04. The summed E-state index contributed by atoms with van der Waals surface area (Å²) in [5.74, 6) is 0.128. The van der Waals surface area contributed by atoms with Crippen molar-refractivity contribution in [2.45, 2.75) is 24.1 Å². The van der Waals surface area contributed by atoms with E-state index in [1.54, 1.807) is 24.8 Å². The number of nitrogens with zero attached hydrogens (tertiary/aromatic N) is 3. The van der Waals surface area contributed by atoms with E-state index in [9.17, 15) is 13.2 Å². The number of carbonyl (C=O) groups excluding carboxylic acids is 1. The molecule has 4 aromatic rings. The number of hydrogen-bond donors (Lipinski definition) is 2. The molecule has 0 saturated heterocycles. The molecule has 0 radical (unpaired) electrons. The number of rotatable bonds is 7. The van der Waals surface area contributed by atoms with Gasteiger partial charge in [0.25, 0.3) is 0 Å². The van der Waals surface area contributed by atoms with Crippen LogP contribution in [-0.4, -0.2) is 34.7 Å². The van der Waals surface area contributed by atoms with Gasteiger partial charge in [-0.05, 0) is 60.3 Å². The van der Waals surface area contributed by atoms with Gasteiger partial charge in [0.05, 0.1) is 10.6 Å². The standard InChI is InChI=1S/C25H23N5O3S/c1-4-24(34(32,33)20-7-5-19(6-8-20)28-17(3)31)30-25-22-15-27-12-10-18(22)13-23(29-25)21-14-26-11-9-16(21)2/h4-15,24H,1H2,2-3H3,(H,28,31)(H,29,30). The van der Waals surface area contributed by atoms with Gasteiger partial charge in [-0.25, -0.2) is 13.4 Å². The molecule has 0 aliphatic carbocycles. The van der Waals surface area contributed by atoms with Gasteiger partial charge < -0.3 is 10.6 Å². The zero-order chi connectivity index (χ0) is 24.3. The number of fused-ring (bicyclic) bond motifs is 1. The third-order valence-corrected chi connectivity index (χ3v) is 7.19. The summed E-state index contributed by atoms with van der Waals surface area (Å²) in [6, 6.07) is 11.6. The average Bonchev–Trinajstić information content (AvgIpc) is 2.82. The highest BCUT2D eigenvalue weighted by molar-refractivity contribution is 7.92. The number of pyridine rings is 3. The Morgan fingerprint density at radius 1 is 1.06 bits per heavy atom. The second-order valence-corrected chi connectivity index (χ2v) is 9.76. The van der Waals surface area contributed by atoms with E-state index in [4.69, 9.17) is 4.98 Å². The molecular formula is C25H23N5O3S. The highest BCUT2D eigenvalue weighted by atomic mass is 32.2. The number of sulfone groups is 1. The Hall–Kier alpha value is -4.11. The smallest absolute Gasteiger partial charge is 0.221 e. The van der Waals surface area contributed by atoms with Crippen LogP contribution in [0.2, 0.25) is 0 Å². The Morgan fingerprint density at radius 3 is 2.44 bits per heavy atom. The Kier molecular flexibility index (Phi) is 6.38. The molecule has 2 N–H and O–H groups in total. The molecule has 1 unspecified atom stereocenters. The molecule has 0 spiro atoms. The molecule has 3 aromatic heterocycles. The maximum absolute atomic E-state index is 13.4. The van der Waals surface area contributed by atoms with E-state index in [2.05, 4.69) is 27.2 Å². The van der Waals surface area contributed by atoms with E-state index in [0.717, 1.165) is 16.5 Å². The summed E-state index contributed by atoms with van der Waals surface area (Å²) in [4.78, 5) is 24.4. The maximum Gasteiger partial charge on any atom is 0.221 e. The van der Waals surface area contributed by atoms with E-state index in [1.165, 1.54) is 37.3 Å². The van der Waals surface area contributed by atoms with Crippen molar-refractivity contribution in [2.24, 2.45) is 0 Å². The van der Waals surface area contributed by atoms with Crippen LogP contribution in [0.25, 0.3) is 22.0 Å². The van der Waals surface area contributed by atoms with E-state index in [0.29, 0.717) is 22.6 Å². The fraction of sp³-hybridized carbons (Fsp3) is 0.120. The van der Waals surface area contributed by atoms with Crippen molar-refractivity contribution < 1.29 is 13.2 Å². The molecule has 34 heavy (non-hydrogen) atoms. The van der Waals surface area contributed by atoms with Gasteiger partial charge >= 0.3 is 0 Å². The number of nitrogens with one attached hydrogen (secondary N) is 2. The maximum atomic E-state index is 13.4. The summed E-state index contributed by atoms with van der Waals surface area (Å²) in [6.45, 7) is 7.08. The van der Waals surface area contributed by atoms with E-state index < -0.39 is 15.2 Å². The van der Waals surface area contributed by atoms with Gasteiger partial charge in [-0.3, -0.25) is 14.8 Å². The molecule has 4 rings (SSSR count). The summed E-state index contributed by atoms with van der Waals surface area (Å²) < 4.78 is 26.7. The minimum absolute atomic E-state index is 0.0840. The molecule has 1 atom stereocenters. The van der Waals surface area contributed by atoms with Gasteiger partial charge in [-0.15, -0.1) is 0 Å². The van der Waals surface area contributed by atoms with Gasteiger partial charge in [-0.1, -0.05) is 12.7 Å². The van der Waals surface area contributed by atoms with E-state index >= 15 is 0 Å². The molecule has 0 saturated carbocycles. The van der Waals surface area contributed by atoms with Crippen LogP contribution in [-0.2, 0) is 14.6 Å².